The zero-order chi connectivity index (χ0) is 10.4. The number of aryl methyl sites for hydroxylation is 1. The normalized spacial score (nSPS) is 10.5. The molecule has 1 heterocycles. The van der Waals surface area contributed by atoms with E-state index in [4.69, 9.17) is 0 Å². The first-order valence-electron chi connectivity index (χ1n) is 5.51. The third-order valence-electron chi connectivity index (χ3n) is 2.16. The lowest BCUT2D eigenvalue weighted by Gasteiger charge is -2.19. The highest BCUT2D eigenvalue weighted by atomic mass is 32.1. The molecule has 0 bridgehead atoms. The molecule has 1 rings (SSSR count). The van der Waals surface area contributed by atoms with E-state index in [2.05, 4.69) is 36.0 Å². The van der Waals surface area contributed by atoms with Crippen molar-refractivity contribution in [2.45, 2.75) is 40.0 Å². The minimum atomic E-state index is 1.04. The first-order chi connectivity index (χ1) is 6.81. The standard InChI is InChI=1S/C11H20N2S/c1-4-7-13(8-5-2)11-12-10(6-3)9-14-11/h9H,4-8H2,1-3H3. The van der Waals surface area contributed by atoms with Crippen LogP contribution >= 0.6 is 11.3 Å². The van der Waals surface area contributed by atoms with Gasteiger partial charge in [-0.1, -0.05) is 20.8 Å². The second-order valence-corrected chi connectivity index (χ2v) is 4.30. The highest BCUT2D eigenvalue weighted by Gasteiger charge is 2.08. The third-order valence-corrected chi connectivity index (χ3v) is 3.11. The van der Waals surface area contributed by atoms with Crippen LogP contribution in [0.5, 0.6) is 0 Å². The average molecular weight is 212 g/mol. The van der Waals surface area contributed by atoms with Crippen LogP contribution in [-0.2, 0) is 6.42 Å². The van der Waals surface area contributed by atoms with Crippen LogP contribution in [0.1, 0.15) is 39.3 Å². The number of anilines is 1. The molecule has 0 atom stereocenters. The molecule has 0 aromatic carbocycles. The van der Waals surface area contributed by atoms with Crippen LogP contribution in [0.15, 0.2) is 5.38 Å². The molecule has 0 saturated heterocycles. The molecule has 1 aromatic rings. The van der Waals surface area contributed by atoms with Gasteiger partial charge in [0.2, 0.25) is 0 Å². The number of hydrogen-bond acceptors (Lipinski definition) is 3. The SMILES string of the molecule is CCCN(CCC)c1nc(CC)cs1. The molecule has 14 heavy (non-hydrogen) atoms. The van der Waals surface area contributed by atoms with Gasteiger partial charge >= 0.3 is 0 Å². The summed E-state index contributed by atoms with van der Waals surface area (Å²) < 4.78 is 0. The van der Waals surface area contributed by atoms with E-state index in [1.807, 2.05) is 0 Å². The maximum Gasteiger partial charge on any atom is 0.185 e. The lowest BCUT2D eigenvalue weighted by molar-refractivity contribution is 0.740. The molecule has 0 N–H and O–H groups in total. The zero-order valence-corrected chi connectivity index (χ0v) is 10.2. The van der Waals surface area contributed by atoms with Gasteiger partial charge in [-0.05, 0) is 19.3 Å². The molecular weight excluding hydrogens is 192 g/mol. The molecule has 0 amide bonds. The van der Waals surface area contributed by atoms with E-state index in [0.717, 1.165) is 19.5 Å². The summed E-state index contributed by atoms with van der Waals surface area (Å²) in [6.07, 6.45) is 3.44. The van der Waals surface area contributed by atoms with Crippen molar-refractivity contribution in [3.63, 3.8) is 0 Å². The predicted molar refractivity (Wildman–Crippen MR) is 64.3 cm³/mol. The second kappa shape index (κ2) is 6.02. The molecule has 0 unspecified atom stereocenters. The molecule has 2 nitrogen and oxygen atoms in total. The highest BCUT2D eigenvalue weighted by molar-refractivity contribution is 7.13. The quantitative estimate of drug-likeness (QED) is 0.719. The summed E-state index contributed by atoms with van der Waals surface area (Å²) in [5.74, 6) is 0. The monoisotopic (exact) mass is 212 g/mol. The molecule has 0 aliphatic heterocycles. The minimum Gasteiger partial charge on any atom is -0.348 e. The molecule has 0 saturated carbocycles. The van der Waals surface area contributed by atoms with Crippen LogP contribution in [0, 0.1) is 0 Å². The first kappa shape index (κ1) is 11.5. The van der Waals surface area contributed by atoms with E-state index >= 15 is 0 Å². The Morgan fingerprint density at radius 2 is 1.86 bits per heavy atom. The van der Waals surface area contributed by atoms with Crippen LogP contribution in [-0.4, -0.2) is 18.1 Å². The molecule has 0 aliphatic rings. The molecule has 0 spiro atoms. The number of nitrogens with zero attached hydrogens (tertiary/aromatic N) is 2. The topological polar surface area (TPSA) is 16.1 Å². The molecule has 0 aliphatic carbocycles. The molecule has 3 heteroatoms. The summed E-state index contributed by atoms with van der Waals surface area (Å²) in [4.78, 5) is 7.00. The van der Waals surface area contributed by atoms with Gasteiger partial charge in [-0.3, -0.25) is 0 Å². The van der Waals surface area contributed by atoms with Gasteiger partial charge in [0.05, 0.1) is 5.69 Å². The van der Waals surface area contributed by atoms with Crippen molar-refractivity contribution >= 4 is 16.5 Å². The molecule has 1 aromatic heterocycles. The van der Waals surface area contributed by atoms with E-state index in [0.29, 0.717) is 0 Å². The number of hydrogen-bond donors (Lipinski definition) is 0. The smallest absolute Gasteiger partial charge is 0.185 e. The van der Waals surface area contributed by atoms with Crippen LogP contribution < -0.4 is 4.90 Å². The van der Waals surface area contributed by atoms with Crippen molar-refractivity contribution < 1.29 is 0 Å². The van der Waals surface area contributed by atoms with Crippen LogP contribution in [0.25, 0.3) is 0 Å². The Balaban J connectivity index is 2.65. The van der Waals surface area contributed by atoms with Crippen molar-refractivity contribution in [3.8, 4) is 0 Å². The van der Waals surface area contributed by atoms with Crippen LogP contribution in [0.3, 0.4) is 0 Å². The fourth-order valence-electron chi connectivity index (χ4n) is 1.45. The lowest BCUT2D eigenvalue weighted by Crippen LogP contribution is -2.24. The molecule has 0 radical (unpaired) electrons. The van der Waals surface area contributed by atoms with E-state index in [-0.39, 0.29) is 0 Å². The van der Waals surface area contributed by atoms with Crippen molar-refractivity contribution in [2.24, 2.45) is 0 Å². The summed E-state index contributed by atoms with van der Waals surface area (Å²) in [5, 5.41) is 3.37. The van der Waals surface area contributed by atoms with Crippen molar-refractivity contribution in [1.82, 2.24) is 4.98 Å². The third kappa shape index (κ3) is 2.98. The van der Waals surface area contributed by atoms with Gasteiger partial charge in [0.15, 0.2) is 5.13 Å². The minimum absolute atomic E-state index is 1.04. The Morgan fingerprint density at radius 3 is 2.29 bits per heavy atom. The van der Waals surface area contributed by atoms with Crippen LogP contribution in [0.2, 0.25) is 0 Å². The second-order valence-electron chi connectivity index (χ2n) is 3.46. The summed E-state index contributed by atoms with van der Waals surface area (Å²) in [7, 11) is 0. The van der Waals surface area contributed by atoms with Gasteiger partial charge in [-0.25, -0.2) is 4.98 Å². The van der Waals surface area contributed by atoms with Gasteiger partial charge in [-0.2, -0.15) is 0 Å². The summed E-state index contributed by atoms with van der Waals surface area (Å²) in [5.41, 5.74) is 1.22. The van der Waals surface area contributed by atoms with Crippen molar-refractivity contribution in [1.29, 1.82) is 0 Å². The van der Waals surface area contributed by atoms with Gasteiger partial charge in [0.1, 0.15) is 0 Å². The van der Waals surface area contributed by atoms with E-state index < -0.39 is 0 Å². The Labute approximate surface area is 91.0 Å². The summed E-state index contributed by atoms with van der Waals surface area (Å²) >= 11 is 1.78. The molecular formula is C11H20N2S. The molecule has 80 valence electrons. The highest BCUT2D eigenvalue weighted by Crippen LogP contribution is 2.21. The number of aromatic nitrogens is 1. The number of thiazole rings is 1. The van der Waals surface area contributed by atoms with Gasteiger partial charge in [0.25, 0.3) is 0 Å². The summed E-state index contributed by atoms with van der Waals surface area (Å²) in [6.45, 7) is 8.85. The average Bonchev–Trinajstić information content (AvgIpc) is 2.65. The largest absolute Gasteiger partial charge is 0.348 e. The number of rotatable bonds is 6. The van der Waals surface area contributed by atoms with Crippen LogP contribution in [0.4, 0.5) is 5.13 Å². The first-order valence-corrected chi connectivity index (χ1v) is 6.39. The maximum absolute atomic E-state index is 4.61. The van der Waals surface area contributed by atoms with E-state index in [1.54, 1.807) is 11.3 Å². The summed E-state index contributed by atoms with van der Waals surface area (Å²) in [6, 6.07) is 0. The Morgan fingerprint density at radius 1 is 1.21 bits per heavy atom. The Kier molecular flexibility index (Phi) is 4.94. The van der Waals surface area contributed by atoms with Gasteiger partial charge < -0.3 is 4.90 Å². The van der Waals surface area contributed by atoms with E-state index in [9.17, 15) is 0 Å². The fourth-order valence-corrected chi connectivity index (χ4v) is 2.41. The van der Waals surface area contributed by atoms with Gasteiger partial charge in [0, 0.05) is 18.5 Å². The molecule has 0 fully saturated rings. The van der Waals surface area contributed by atoms with Crippen molar-refractivity contribution in [3.05, 3.63) is 11.1 Å². The Hall–Kier alpha value is -0.570. The van der Waals surface area contributed by atoms with E-state index in [1.165, 1.54) is 23.7 Å². The van der Waals surface area contributed by atoms with Gasteiger partial charge in [-0.15, -0.1) is 11.3 Å². The lowest BCUT2D eigenvalue weighted by atomic mass is 10.4. The Bertz CT molecular complexity index is 252. The maximum atomic E-state index is 4.61. The zero-order valence-electron chi connectivity index (χ0n) is 9.42. The predicted octanol–water partition coefficient (Wildman–Crippen LogP) is 3.33. The van der Waals surface area contributed by atoms with Crippen molar-refractivity contribution in [2.75, 3.05) is 18.0 Å². The fraction of sp³-hybridized carbons (Fsp3) is 0.727.